The van der Waals surface area contributed by atoms with Gasteiger partial charge in [0.05, 0.1) is 17.0 Å². The van der Waals surface area contributed by atoms with Gasteiger partial charge in [-0.05, 0) is 31.2 Å². The molecule has 19 heavy (non-hydrogen) atoms. The van der Waals surface area contributed by atoms with Gasteiger partial charge in [0.1, 0.15) is 0 Å². The topological polar surface area (TPSA) is 93.0 Å². The number of hydrogen-bond donors (Lipinski definition) is 1. The second-order valence-corrected chi connectivity index (χ2v) is 3.69. The summed E-state index contributed by atoms with van der Waals surface area (Å²) in [5.41, 5.74) is 0.890. The average Bonchev–Trinajstić information content (AvgIpc) is 2.64. The molecule has 1 N–H and O–H groups in total. The number of carboxylic acid groups (broad SMARTS) is 1. The van der Waals surface area contributed by atoms with Crippen molar-refractivity contribution in [2.45, 2.75) is 6.92 Å². The summed E-state index contributed by atoms with van der Waals surface area (Å²) in [5.74, 6) is -1.56. The third-order valence-electron chi connectivity index (χ3n) is 2.54. The van der Waals surface area contributed by atoms with Crippen molar-refractivity contribution in [2.24, 2.45) is 5.10 Å². The molecule has 1 aliphatic rings. The molecule has 0 fully saturated rings. The molecule has 0 aliphatic carbocycles. The van der Waals surface area contributed by atoms with Gasteiger partial charge < -0.3 is 10.2 Å². The molecule has 0 radical (unpaired) electrons. The van der Waals surface area contributed by atoms with Gasteiger partial charge in [0.2, 0.25) is 0 Å². The summed E-state index contributed by atoms with van der Waals surface area (Å²) in [5, 5.41) is 24.5. The average molecular weight is 268 g/mol. The van der Waals surface area contributed by atoms with E-state index in [1.807, 2.05) is 0 Å². The van der Waals surface area contributed by atoms with Crippen LogP contribution in [0.3, 0.4) is 0 Å². The van der Waals surface area contributed by atoms with Crippen molar-refractivity contribution in [3.63, 3.8) is 0 Å². The molecule has 0 aromatic heterocycles. The molecule has 0 unspecified atom stereocenters. The minimum Gasteiger partial charge on any atom is -0.877 e. The molecule has 1 amide bonds. The van der Waals surface area contributed by atoms with Gasteiger partial charge in [-0.2, -0.15) is 10.1 Å². The van der Waals surface area contributed by atoms with Crippen LogP contribution in [0.15, 0.2) is 41.2 Å². The van der Waals surface area contributed by atoms with Gasteiger partial charge in [-0.1, -0.05) is 0 Å². The number of nitrogens with zero attached hydrogens (tertiary/aromatic N) is 2. The molecular formula is C12H9N2NaO4. The molecule has 0 atom stereocenters. The normalized spacial score (nSPS) is 16.3. The van der Waals surface area contributed by atoms with Crippen molar-refractivity contribution in [3.8, 4) is 0 Å². The van der Waals surface area contributed by atoms with Crippen LogP contribution in [0.5, 0.6) is 0 Å². The quantitative estimate of drug-likeness (QED) is 0.360. The van der Waals surface area contributed by atoms with Gasteiger partial charge >= 0.3 is 35.5 Å². The van der Waals surface area contributed by atoms with Crippen LogP contribution >= 0.6 is 0 Å². The van der Waals surface area contributed by atoms with Crippen molar-refractivity contribution in [3.05, 3.63) is 41.7 Å². The predicted octanol–water partition coefficient (Wildman–Crippen LogP) is -2.64. The monoisotopic (exact) mass is 268 g/mol. The van der Waals surface area contributed by atoms with Crippen LogP contribution < -0.4 is 39.7 Å². The van der Waals surface area contributed by atoms with E-state index < -0.39 is 11.9 Å². The molecule has 0 saturated heterocycles. The number of carbonyl (C=O) groups is 2. The smallest absolute Gasteiger partial charge is 0.877 e. The Hall–Kier alpha value is -1.63. The molecule has 1 aromatic rings. The van der Waals surface area contributed by atoms with E-state index >= 15 is 0 Å². The number of rotatable bonds is 2. The molecule has 92 valence electrons. The Morgan fingerprint density at radius 2 is 1.95 bits per heavy atom. The molecule has 1 heterocycles. The Bertz CT molecular complexity index is 578. The fourth-order valence-corrected chi connectivity index (χ4v) is 1.57. The Morgan fingerprint density at radius 3 is 2.37 bits per heavy atom. The Morgan fingerprint density at radius 1 is 1.37 bits per heavy atom. The van der Waals surface area contributed by atoms with Crippen LogP contribution in [-0.4, -0.2) is 22.7 Å². The molecule has 0 bridgehead atoms. The minimum atomic E-state index is -1.05. The summed E-state index contributed by atoms with van der Waals surface area (Å²) < 4.78 is 0. The number of benzene rings is 1. The van der Waals surface area contributed by atoms with Gasteiger partial charge in [-0.15, -0.1) is 6.26 Å². The molecule has 7 heteroatoms. The van der Waals surface area contributed by atoms with E-state index in [9.17, 15) is 14.7 Å². The number of carboxylic acids is 1. The number of amides is 1. The number of aromatic carboxylic acids is 1. The molecule has 0 saturated carbocycles. The fourth-order valence-electron chi connectivity index (χ4n) is 1.57. The van der Waals surface area contributed by atoms with E-state index in [1.54, 1.807) is 6.92 Å². The van der Waals surface area contributed by atoms with Crippen LogP contribution in [0.1, 0.15) is 17.3 Å². The van der Waals surface area contributed by atoms with E-state index in [-0.39, 0.29) is 40.7 Å². The van der Waals surface area contributed by atoms with Crippen LogP contribution in [0.4, 0.5) is 5.69 Å². The van der Waals surface area contributed by atoms with Gasteiger partial charge in [0.25, 0.3) is 5.91 Å². The molecule has 6 nitrogen and oxygen atoms in total. The SMILES string of the molecule is CC1=NN(c2ccc(C(=O)O)cc2)C(=O)/C1=C\[O-].[Na+]. The maximum absolute atomic E-state index is 11.8. The Balaban J connectivity index is 0.00000180. The third-order valence-corrected chi connectivity index (χ3v) is 2.54. The van der Waals surface area contributed by atoms with Crippen molar-refractivity contribution in [1.82, 2.24) is 0 Å². The zero-order chi connectivity index (χ0) is 13.3. The zero-order valence-electron chi connectivity index (χ0n) is 10.5. The van der Waals surface area contributed by atoms with E-state index in [0.717, 1.165) is 5.01 Å². The summed E-state index contributed by atoms with van der Waals surface area (Å²) in [6, 6.07) is 5.67. The van der Waals surface area contributed by atoms with Crippen molar-refractivity contribution in [1.29, 1.82) is 0 Å². The minimum absolute atomic E-state index is 0. The van der Waals surface area contributed by atoms with Gasteiger partial charge in [-0.3, -0.25) is 4.79 Å². The van der Waals surface area contributed by atoms with E-state index in [1.165, 1.54) is 24.3 Å². The first-order valence-corrected chi connectivity index (χ1v) is 5.10. The Kier molecular flexibility index (Phi) is 4.88. The standard InChI is InChI=1S/C12H10N2O4.Na/c1-7-10(6-15)11(16)14(13-7)9-4-2-8(3-5-9)12(17)18;/h2-6,15H,1H3,(H,17,18);/q;+1/p-1/b10-6-;. The van der Waals surface area contributed by atoms with Crippen molar-refractivity contribution >= 4 is 23.3 Å². The van der Waals surface area contributed by atoms with E-state index in [2.05, 4.69) is 5.10 Å². The van der Waals surface area contributed by atoms with Gasteiger partial charge in [0.15, 0.2) is 0 Å². The molecule has 1 aliphatic heterocycles. The van der Waals surface area contributed by atoms with Crippen LogP contribution in [0.2, 0.25) is 0 Å². The van der Waals surface area contributed by atoms with Crippen LogP contribution in [0.25, 0.3) is 0 Å². The molecule has 1 aromatic carbocycles. The zero-order valence-corrected chi connectivity index (χ0v) is 12.5. The number of hydrazone groups is 1. The molecule has 2 rings (SSSR count). The third kappa shape index (κ3) is 2.86. The summed E-state index contributed by atoms with van der Waals surface area (Å²) in [7, 11) is 0. The largest absolute Gasteiger partial charge is 1.00 e. The first kappa shape index (κ1) is 15.4. The van der Waals surface area contributed by atoms with Crippen LogP contribution in [-0.2, 0) is 4.79 Å². The van der Waals surface area contributed by atoms with Gasteiger partial charge in [0, 0.05) is 5.57 Å². The number of hydrogen-bond acceptors (Lipinski definition) is 4. The second-order valence-electron chi connectivity index (χ2n) is 3.69. The number of anilines is 1. The van der Waals surface area contributed by atoms with Crippen LogP contribution in [0, 0.1) is 0 Å². The maximum atomic E-state index is 11.8. The molecular weight excluding hydrogens is 259 g/mol. The van der Waals surface area contributed by atoms with Gasteiger partial charge in [-0.25, -0.2) is 4.79 Å². The maximum Gasteiger partial charge on any atom is 1.00 e. The first-order valence-electron chi connectivity index (χ1n) is 5.10. The summed E-state index contributed by atoms with van der Waals surface area (Å²) in [6.07, 6.45) is 0.465. The Labute approximate surface area is 131 Å². The van der Waals surface area contributed by atoms with Crippen molar-refractivity contribution in [2.75, 3.05) is 5.01 Å². The summed E-state index contributed by atoms with van der Waals surface area (Å²) >= 11 is 0. The van der Waals surface area contributed by atoms with E-state index in [0.29, 0.717) is 17.7 Å². The van der Waals surface area contributed by atoms with E-state index in [4.69, 9.17) is 5.11 Å². The summed E-state index contributed by atoms with van der Waals surface area (Å²) in [4.78, 5) is 22.5. The molecule has 0 spiro atoms. The van der Waals surface area contributed by atoms with Crippen molar-refractivity contribution < 1.29 is 49.4 Å². The predicted molar refractivity (Wildman–Crippen MR) is 62.1 cm³/mol. The first-order chi connectivity index (χ1) is 8.54. The summed E-state index contributed by atoms with van der Waals surface area (Å²) in [6.45, 7) is 1.56. The fraction of sp³-hybridized carbons (Fsp3) is 0.0833. The number of carbonyl (C=O) groups excluding carboxylic acids is 1. The second kappa shape index (κ2) is 6.01.